The third kappa shape index (κ3) is 3.86. The molecule has 0 aromatic heterocycles. The summed E-state index contributed by atoms with van der Waals surface area (Å²) in [6, 6.07) is 3.08. The molecule has 5 nitrogen and oxygen atoms in total. The van der Waals surface area contributed by atoms with Gasteiger partial charge in [0.05, 0.1) is 7.11 Å². The summed E-state index contributed by atoms with van der Waals surface area (Å²) in [5.41, 5.74) is 6.52. The lowest BCUT2D eigenvalue weighted by molar-refractivity contribution is 0.396. The molecule has 0 aliphatic rings. The molecule has 20 heavy (non-hydrogen) atoms. The highest BCUT2D eigenvalue weighted by Crippen LogP contribution is 2.30. The van der Waals surface area contributed by atoms with Crippen LogP contribution in [0.3, 0.4) is 0 Å². The van der Waals surface area contributed by atoms with Crippen molar-refractivity contribution in [1.82, 2.24) is 4.72 Å². The zero-order valence-corrected chi connectivity index (χ0v) is 13.6. The highest BCUT2D eigenvalue weighted by atomic mass is 32.2. The fourth-order valence-electron chi connectivity index (χ4n) is 2.14. The molecule has 0 aliphatic carbocycles. The largest absolute Gasteiger partial charge is 0.495 e. The second-order valence-electron chi connectivity index (χ2n) is 5.60. The van der Waals surface area contributed by atoms with Crippen LogP contribution in [0.4, 0.5) is 5.69 Å². The Bertz CT molecular complexity index is 580. The summed E-state index contributed by atoms with van der Waals surface area (Å²) in [7, 11) is -2.23. The number of nitrogens with one attached hydrogen (secondary N) is 1. The third-order valence-electron chi connectivity index (χ3n) is 3.13. The number of hydrogen-bond acceptors (Lipinski definition) is 4. The molecule has 1 rings (SSSR count). The lowest BCUT2D eigenvalue weighted by Gasteiger charge is -2.26. The van der Waals surface area contributed by atoms with Gasteiger partial charge in [-0.3, -0.25) is 0 Å². The quantitative estimate of drug-likeness (QED) is 0.791. The second-order valence-corrected chi connectivity index (χ2v) is 7.25. The number of rotatable bonds is 6. The SMILES string of the molecule is CCCC(C)(C)NS(=O)(=O)c1cc(N)c(C)cc1OC. The molecular weight excluding hydrogens is 276 g/mol. The highest BCUT2D eigenvalue weighted by Gasteiger charge is 2.28. The molecule has 0 aliphatic heterocycles. The van der Waals surface area contributed by atoms with Crippen molar-refractivity contribution < 1.29 is 13.2 Å². The molecule has 0 saturated carbocycles. The Balaban J connectivity index is 3.25. The number of hydrogen-bond donors (Lipinski definition) is 2. The van der Waals surface area contributed by atoms with E-state index in [1.807, 2.05) is 27.7 Å². The molecule has 0 fully saturated rings. The van der Waals surface area contributed by atoms with Crippen LogP contribution >= 0.6 is 0 Å². The summed E-state index contributed by atoms with van der Waals surface area (Å²) in [5.74, 6) is 0.302. The zero-order chi connectivity index (χ0) is 15.6. The van der Waals surface area contributed by atoms with E-state index in [1.165, 1.54) is 13.2 Å². The van der Waals surface area contributed by atoms with Gasteiger partial charge in [0.1, 0.15) is 10.6 Å². The lowest BCUT2D eigenvalue weighted by atomic mass is 10.0. The van der Waals surface area contributed by atoms with E-state index in [0.717, 1.165) is 18.4 Å². The summed E-state index contributed by atoms with van der Waals surface area (Å²) in [6.45, 7) is 7.54. The van der Waals surface area contributed by atoms with E-state index >= 15 is 0 Å². The molecule has 0 bridgehead atoms. The molecule has 1 aromatic rings. The highest BCUT2D eigenvalue weighted by molar-refractivity contribution is 7.89. The van der Waals surface area contributed by atoms with E-state index in [9.17, 15) is 8.42 Å². The van der Waals surface area contributed by atoms with Crippen molar-refractivity contribution >= 4 is 15.7 Å². The topological polar surface area (TPSA) is 81.4 Å². The van der Waals surface area contributed by atoms with Gasteiger partial charge < -0.3 is 10.5 Å². The Morgan fingerprint density at radius 2 is 1.95 bits per heavy atom. The van der Waals surface area contributed by atoms with Crippen LogP contribution in [0, 0.1) is 6.92 Å². The van der Waals surface area contributed by atoms with Crippen LogP contribution < -0.4 is 15.2 Å². The van der Waals surface area contributed by atoms with E-state index < -0.39 is 15.6 Å². The van der Waals surface area contributed by atoms with Crippen LogP contribution in [-0.2, 0) is 10.0 Å². The van der Waals surface area contributed by atoms with Gasteiger partial charge in [-0.05, 0) is 44.9 Å². The first kappa shape index (κ1) is 16.8. The number of aryl methyl sites for hydroxylation is 1. The van der Waals surface area contributed by atoms with E-state index in [1.54, 1.807) is 6.07 Å². The Hall–Kier alpha value is -1.27. The first-order chi connectivity index (χ1) is 9.13. The average molecular weight is 300 g/mol. The van der Waals surface area contributed by atoms with Crippen LogP contribution in [0.5, 0.6) is 5.75 Å². The first-order valence-corrected chi connectivity index (χ1v) is 8.09. The van der Waals surface area contributed by atoms with Gasteiger partial charge in [-0.1, -0.05) is 13.3 Å². The number of benzene rings is 1. The number of nitrogens with two attached hydrogens (primary N) is 1. The molecule has 114 valence electrons. The maximum atomic E-state index is 12.5. The molecular formula is C14H24N2O3S. The molecule has 0 atom stereocenters. The minimum atomic E-state index is -3.68. The van der Waals surface area contributed by atoms with Gasteiger partial charge in [0.2, 0.25) is 10.0 Å². The van der Waals surface area contributed by atoms with Crippen LogP contribution in [0.1, 0.15) is 39.2 Å². The van der Waals surface area contributed by atoms with Crippen molar-refractivity contribution in [2.24, 2.45) is 0 Å². The number of nitrogen functional groups attached to an aromatic ring is 1. The molecule has 0 unspecified atom stereocenters. The van der Waals surface area contributed by atoms with E-state index in [4.69, 9.17) is 10.5 Å². The molecule has 0 radical (unpaired) electrons. The minimum Gasteiger partial charge on any atom is -0.495 e. The molecule has 0 heterocycles. The third-order valence-corrected chi connectivity index (χ3v) is 4.85. The smallest absolute Gasteiger partial charge is 0.244 e. The number of methoxy groups -OCH3 is 1. The summed E-state index contributed by atoms with van der Waals surface area (Å²) in [6.07, 6.45) is 1.64. The van der Waals surface area contributed by atoms with Gasteiger partial charge in [0, 0.05) is 11.2 Å². The van der Waals surface area contributed by atoms with E-state index in [0.29, 0.717) is 11.4 Å². The molecule has 0 saturated heterocycles. The van der Waals surface area contributed by atoms with Gasteiger partial charge in [-0.25, -0.2) is 13.1 Å². The Kier molecular flexibility index (Phi) is 5.05. The van der Waals surface area contributed by atoms with Crippen LogP contribution in [0.2, 0.25) is 0 Å². The molecule has 0 amide bonds. The minimum absolute atomic E-state index is 0.0762. The lowest BCUT2D eigenvalue weighted by Crippen LogP contribution is -2.43. The van der Waals surface area contributed by atoms with Gasteiger partial charge in [-0.15, -0.1) is 0 Å². The van der Waals surface area contributed by atoms with Crippen molar-refractivity contribution in [3.8, 4) is 5.75 Å². The molecule has 3 N–H and O–H groups in total. The average Bonchev–Trinajstić information content (AvgIpc) is 2.30. The van der Waals surface area contributed by atoms with E-state index in [2.05, 4.69) is 4.72 Å². The standard InChI is InChI=1S/C14H24N2O3S/c1-6-7-14(3,4)16-20(17,18)13-9-11(15)10(2)8-12(13)19-5/h8-9,16H,6-7,15H2,1-5H3. The van der Waals surface area contributed by atoms with Gasteiger partial charge in [0.25, 0.3) is 0 Å². The summed E-state index contributed by atoms with van der Waals surface area (Å²) in [5, 5.41) is 0. The Morgan fingerprint density at radius 1 is 1.35 bits per heavy atom. The predicted molar refractivity (Wildman–Crippen MR) is 81.5 cm³/mol. The van der Waals surface area contributed by atoms with Gasteiger partial charge in [0.15, 0.2) is 0 Å². The number of sulfonamides is 1. The Labute approximate surface area is 121 Å². The fraction of sp³-hybridized carbons (Fsp3) is 0.571. The maximum absolute atomic E-state index is 12.5. The number of ether oxygens (including phenoxy) is 1. The molecule has 6 heteroatoms. The van der Waals surface area contributed by atoms with E-state index in [-0.39, 0.29) is 4.90 Å². The summed E-state index contributed by atoms with van der Waals surface area (Å²) >= 11 is 0. The summed E-state index contributed by atoms with van der Waals surface area (Å²) < 4.78 is 32.9. The monoisotopic (exact) mass is 300 g/mol. The van der Waals surface area contributed by atoms with Crippen LogP contribution in [-0.4, -0.2) is 21.1 Å². The number of anilines is 1. The molecule has 0 spiro atoms. The van der Waals surface area contributed by atoms with Crippen molar-refractivity contribution in [2.75, 3.05) is 12.8 Å². The molecule has 1 aromatic carbocycles. The van der Waals surface area contributed by atoms with Crippen molar-refractivity contribution in [3.05, 3.63) is 17.7 Å². The van der Waals surface area contributed by atoms with Crippen molar-refractivity contribution in [1.29, 1.82) is 0 Å². The first-order valence-electron chi connectivity index (χ1n) is 6.61. The second kappa shape index (κ2) is 6.01. The van der Waals surface area contributed by atoms with Crippen LogP contribution in [0.15, 0.2) is 17.0 Å². The summed E-state index contributed by atoms with van der Waals surface area (Å²) in [4.78, 5) is 0.0762. The Morgan fingerprint density at radius 3 is 2.45 bits per heavy atom. The van der Waals surface area contributed by atoms with Gasteiger partial charge in [-0.2, -0.15) is 0 Å². The predicted octanol–water partition coefficient (Wildman–Crippen LogP) is 2.44. The zero-order valence-electron chi connectivity index (χ0n) is 12.8. The van der Waals surface area contributed by atoms with Crippen molar-refractivity contribution in [2.45, 2.75) is 51.0 Å². The van der Waals surface area contributed by atoms with Crippen LogP contribution in [0.25, 0.3) is 0 Å². The maximum Gasteiger partial charge on any atom is 0.244 e. The normalized spacial score (nSPS) is 12.4. The van der Waals surface area contributed by atoms with Gasteiger partial charge >= 0.3 is 0 Å². The van der Waals surface area contributed by atoms with Crippen molar-refractivity contribution in [3.63, 3.8) is 0 Å². The fourth-order valence-corrected chi connectivity index (χ4v) is 3.77.